The number of anilines is 11. The Morgan fingerprint density at radius 2 is 0.619 bits per heavy atom. The fourth-order valence-corrected chi connectivity index (χ4v) is 11.4. The van der Waals surface area contributed by atoms with Gasteiger partial charge in [0.05, 0.1) is 11.6 Å². The largest absolute Gasteiger partial charge is 0.388 e. The molecule has 0 saturated heterocycles. The summed E-state index contributed by atoms with van der Waals surface area (Å²) in [4.78, 5) is 89.9. The zero-order valence-corrected chi connectivity index (χ0v) is 82.1. The highest BCUT2D eigenvalue weighted by Crippen LogP contribution is 2.25. The minimum Gasteiger partial charge on any atom is -0.388 e. The summed E-state index contributed by atoms with van der Waals surface area (Å²) in [7, 11) is 32.2. The van der Waals surface area contributed by atoms with E-state index in [9.17, 15) is 33.6 Å². The van der Waals surface area contributed by atoms with Crippen molar-refractivity contribution in [1.82, 2.24) is 46.1 Å². The lowest BCUT2D eigenvalue weighted by Crippen LogP contribution is -2.34. The van der Waals surface area contributed by atoms with Crippen LogP contribution in [-0.4, -0.2) is 212 Å². The maximum Gasteiger partial charge on any atom is 0.321 e. The van der Waals surface area contributed by atoms with Crippen molar-refractivity contribution in [3.05, 3.63) is 317 Å². The Morgan fingerprint density at radius 3 is 0.933 bits per heavy atom. The Balaban J connectivity index is 0.000000384. The molecule has 29 nitrogen and oxygen atoms in total. The molecule has 0 aliphatic rings. The van der Waals surface area contributed by atoms with Gasteiger partial charge in [0, 0.05) is 247 Å². The Kier molecular flexibility index (Phi) is 53.0. The van der Waals surface area contributed by atoms with Gasteiger partial charge in [0.2, 0.25) is 5.82 Å². The molecular formula is C105H139N21O8. The smallest absolute Gasteiger partial charge is 0.321 e. The topological polar surface area (TPSA) is 372 Å². The molecule has 0 saturated carbocycles. The van der Waals surface area contributed by atoms with Crippen LogP contribution >= 0.6 is 0 Å². The van der Waals surface area contributed by atoms with Crippen molar-refractivity contribution in [2.45, 2.75) is 60.0 Å². The number of nitriles is 1. The number of benzene rings is 11. The number of aromatic nitrogens is 2. The van der Waals surface area contributed by atoms with E-state index in [4.69, 9.17) is 9.78 Å². The molecule has 0 aliphatic carbocycles. The Hall–Kier alpha value is -15.9. The van der Waals surface area contributed by atoms with Gasteiger partial charge in [-0.3, -0.25) is 33.6 Å². The van der Waals surface area contributed by atoms with Crippen LogP contribution in [0, 0.1) is 17.2 Å². The van der Waals surface area contributed by atoms with Crippen molar-refractivity contribution in [2.24, 2.45) is 5.92 Å². The number of carbonyl (C=O) groups excluding carboxylic acids is 7. The number of nitrogens with zero attached hydrogens (tertiary/aromatic N) is 6. The summed E-state index contributed by atoms with van der Waals surface area (Å²) < 4.78 is 4.95. The molecule has 0 aliphatic heterocycles. The number of rotatable bonds is 25. The second kappa shape index (κ2) is 63.2. The predicted octanol–water partition coefficient (Wildman–Crippen LogP) is 18.4. The lowest BCUT2D eigenvalue weighted by Gasteiger charge is -2.24. The second-order valence-corrected chi connectivity index (χ2v) is 30.2. The average molecular weight is 1820 g/mol. The van der Waals surface area contributed by atoms with E-state index in [0.717, 1.165) is 80.0 Å². The molecule has 12 rings (SSSR count). The monoisotopic (exact) mass is 1820 g/mol. The van der Waals surface area contributed by atoms with Crippen LogP contribution in [0.1, 0.15) is 126 Å². The lowest BCUT2D eigenvalue weighted by molar-refractivity contribution is 0.0736. The quantitative estimate of drug-likeness (QED) is 0.0253. The zero-order valence-electron chi connectivity index (χ0n) is 82.1. The average Bonchev–Trinajstić information content (AvgIpc) is 1.70. The normalized spacial score (nSPS) is 9.86. The molecule has 0 fully saturated rings. The molecule has 134 heavy (non-hydrogen) atoms. The van der Waals surface area contributed by atoms with Crippen molar-refractivity contribution in [3.8, 4) is 28.6 Å². The van der Waals surface area contributed by atoms with Gasteiger partial charge in [-0.15, -0.1) is 0 Å². The van der Waals surface area contributed by atoms with Gasteiger partial charge in [-0.05, 0) is 214 Å². The van der Waals surface area contributed by atoms with Gasteiger partial charge in [-0.2, -0.15) is 10.2 Å². The zero-order chi connectivity index (χ0) is 99.5. The van der Waals surface area contributed by atoms with E-state index >= 15 is 0 Å². The van der Waals surface area contributed by atoms with Crippen LogP contribution in [0.15, 0.2) is 278 Å². The molecule has 1 heterocycles. The van der Waals surface area contributed by atoms with Crippen molar-refractivity contribution < 1.29 is 38.1 Å². The van der Waals surface area contributed by atoms with Gasteiger partial charge >= 0.3 is 6.01 Å². The van der Waals surface area contributed by atoms with Gasteiger partial charge in [0.25, 0.3) is 41.4 Å². The molecule has 1 atom stereocenters. The van der Waals surface area contributed by atoms with Crippen LogP contribution < -0.4 is 79.8 Å². The van der Waals surface area contributed by atoms with Crippen molar-refractivity contribution in [2.75, 3.05) is 192 Å². The third-order valence-corrected chi connectivity index (χ3v) is 19.9. The van der Waals surface area contributed by atoms with Gasteiger partial charge in [-0.25, -0.2) is 0 Å². The summed E-state index contributed by atoms with van der Waals surface area (Å²) in [6.07, 6.45) is 0.966. The van der Waals surface area contributed by atoms with Crippen LogP contribution in [0.5, 0.6) is 0 Å². The summed E-state index contributed by atoms with van der Waals surface area (Å²) in [5, 5.41) is 55.8. The first kappa shape index (κ1) is 112. The molecule has 15 N–H and O–H groups in total. The molecule has 0 spiro atoms. The Bertz CT molecular complexity index is 5420. The molecule has 712 valence electrons. The van der Waals surface area contributed by atoms with Gasteiger partial charge in [0.1, 0.15) is 0 Å². The summed E-state index contributed by atoms with van der Waals surface area (Å²) in [6, 6.07) is 88.9. The Labute approximate surface area is 793 Å². The van der Waals surface area contributed by atoms with E-state index < -0.39 is 0 Å². The lowest BCUT2D eigenvalue weighted by atomic mass is 10.1. The molecule has 7 amide bonds. The highest BCUT2D eigenvalue weighted by atomic mass is 16.5. The molecular weight excluding hydrogens is 1680 g/mol. The number of carbonyl (C=O) groups is 7. The molecule has 0 bridgehead atoms. The molecule has 0 radical (unpaired) electrons. The minimum absolute atomic E-state index is 0.0131. The fourth-order valence-electron chi connectivity index (χ4n) is 11.4. The molecule has 1 aromatic heterocycles. The van der Waals surface area contributed by atoms with E-state index in [2.05, 4.69) is 172 Å². The Morgan fingerprint density at radius 1 is 0.328 bits per heavy atom. The minimum atomic E-state index is -0.0629. The first-order valence-electron chi connectivity index (χ1n) is 43.8. The van der Waals surface area contributed by atoms with Crippen LogP contribution in [0.4, 0.5) is 62.9 Å². The van der Waals surface area contributed by atoms with Gasteiger partial charge < -0.3 is 99.0 Å². The van der Waals surface area contributed by atoms with E-state index in [1.165, 1.54) is 11.1 Å². The van der Waals surface area contributed by atoms with Gasteiger partial charge in [0.15, 0.2) is 0 Å². The van der Waals surface area contributed by atoms with Gasteiger partial charge in [-0.1, -0.05) is 129 Å². The maximum absolute atomic E-state index is 12.1. The fraction of sp³-hybridized carbons (Fsp3) is 0.276. The molecule has 11 aromatic carbocycles. The maximum atomic E-state index is 12.1. The second-order valence-electron chi connectivity index (χ2n) is 30.2. The van der Waals surface area contributed by atoms with E-state index in [-0.39, 0.29) is 53.4 Å². The number of amides is 7. The number of nitrogens with one attached hydrogen (secondary N) is 15. The SMILES string of the molecule is CCC(C)N(C)C(=O)c1cccc(NC)c1.CNC(=O)c1cccc(NC)c1.CNC(=O)c1cccc(NC)c1.CNC(=O)c1cccc(NC)c1.CNc1cccc(-c2ccccc2)c1.CNc1cccc(-c2noc(NC)n2)c1.CNc1cccc(C#N)c1.CNc1cccc(C(=O)N(C)C(C)C)c1.CNc1cccc(C(=O)N(C)C)c1.CNc1cccc(C(=O)NCC(C)C)c1. The summed E-state index contributed by atoms with van der Waals surface area (Å²) in [6.45, 7) is 13.0. The van der Waals surface area contributed by atoms with E-state index in [1.54, 1.807) is 106 Å². The van der Waals surface area contributed by atoms with Crippen molar-refractivity contribution >= 4 is 104 Å². The van der Waals surface area contributed by atoms with Crippen molar-refractivity contribution in [1.29, 1.82) is 5.26 Å². The highest BCUT2D eigenvalue weighted by molar-refractivity contribution is 5.98. The first-order chi connectivity index (χ1) is 64.3. The third kappa shape index (κ3) is 40.9. The van der Waals surface area contributed by atoms with Crippen molar-refractivity contribution in [3.63, 3.8) is 0 Å². The molecule has 1 unspecified atom stereocenters. The van der Waals surface area contributed by atoms with E-state index in [1.807, 2.05) is 274 Å². The highest BCUT2D eigenvalue weighted by Gasteiger charge is 2.18. The number of hydrogen-bond acceptors (Lipinski definition) is 22. The van der Waals surface area contributed by atoms with Crippen LogP contribution in [0.3, 0.4) is 0 Å². The van der Waals surface area contributed by atoms with Crippen LogP contribution in [0.25, 0.3) is 22.5 Å². The van der Waals surface area contributed by atoms with E-state index in [0.29, 0.717) is 57.7 Å². The molecule has 12 aromatic rings. The van der Waals surface area contributed by atoms with Crippen LogP contribution in [-0.2, 0) is 0 Å². The number of hydrogen-bond donors (Lipinski definition) is 15. The predicted molar refractivity (Wildman–Crippen MR) is 557 cm³/mol. The summed E-state index contributed by atoms with van der Waals surface area (Å²) >= 11 is 0. The third-order valence-electron chi connectivity index (χ3n) is 19.9. The van der Waals surface area contributed by atoms with Crippen LogP contribution in [0.2, 0.25) is 0 Å². The summed E-state index contributed by atoms with van der Waals surface area (Å²) in [5.41, 5.74) is 18.8. The summed E-state index contributed by atoms with van der Waals surface area (Å²) in [5.74, 6) is 1.01. The molecule has 29 heteroatoms. The standard InChI is InChI=1S/C13H20N2O.C13H13N.2C12H18N2O.C10H12N4O.C10H14N2O.3C9H12N2O.C8H8N2/c1-5-10(2)15(4)13(16)11-7-6-8-12(9-11)14-3;1-14-13-9-5-8-12(10-13)11-6-3-2-4-7-11;1-9(2)14(4)12(15)10-6-5-7-11(8-10)13-3;1-9(2)8-14-12(15)10-5-4-6-11(7-10)13-3;1-11-8-5-3-4-7(6-8)9-13-10(12-2)15-14-9;1-11-9-6-4-5-8(7-9)10(13)12(2)3;3*1-10-8-5-3-4-7(6-8)9(12)11-2;1-10-8-4-2-3-7(5-8)6-9/h6-10,14H,5H2,1-4H3;2-10,14H,1H3;5-9,13H,1-4H3;4-7,9,13H,8H2,1-3H3,(H,14,15);3-6,11H,1-2H3,(H,12,13,14);4-7,11H,1-3H3;3*3-6,10H,1-2H3,(H,11,12);2-5,10H,1H3. The first-order valence-corrected chi connectivity index (χ1v) is 43.8.